The van der Waals surface area contributed by atoms with Gasteiger partial charge in [0.25, 0.3) is 5.91 Å². The van der Waals surface area contributed by atoms with E-state index in [0.717, 1.165) is 11.3 Å². The molecule has 0 fully saturated rings. The van der Waals surface area contributed by atoms with Gasteiger partial charge < -0.3 is 19.7 Å². The molecule has 1 aliphatic heterocycles. The average Bonchev–Trinajstić information content (AvgIpc) is 2.80. The summed E-state index contributed by atoms with van der Waals surface area (Å²) in [6.45, 7) is 0.685. The Hall–Kier alpha value is -4.06. The van der Waals surface area contributed by atoms with Crippen LogP contribution < -0.4 is 19.7 Å². The number of hydrogen-bond donors (Lipinski definition) is 1. The van der Waals surface area contributed by atoms with Gasteiger partial charge in [-0.3, -0.25) is 9.59 Å². The van der Waals surface area contributed by atoms with E-state index < -0.39 is 0 Å². The number of nitrogens with zero attached hydrogens (tertiary/aromatic N) is 1. The van der Waals surface area contributed by atoms with Crippen molar-refractivity contribution in [2.45, 2.75) is 0 Å². The SMILES string of the molecule is O=C(/C=C/c1ccccc1)Nc1ccc2c(c1)N(CCOc1ccccc1)C(=O)CO2. The van der Waals surface area contributed by atoms with E-state index in [-0.39, 0.29) is 18.4 Å². The first kappa shape index (κ1) is 20.2. The minimum absolute atomic E-state index is 0.0240. The minimum Gasteiger partial charge on any atom is -0.492 e. The number of nitrogens with one attached hydrogen (secondary N) is 1. The van der Waals surface area contributed by atoms with Crippen LogP contribution in [0.25, 0.3) is 6.08 Å². The molecular formula is C25H22N2O4. The molecule has 4 rings (SSSR count). The Kier molecular flexibility index (Phi) is 6.28. The van der Waals surface area contributed by atoms with Gasteiger partial charge in [0.2, 0.25) is 5.91 Å². The third-order valence-corrected chi connectivity index (χ3v) is 4.72. The number of amides is 2. The van der Waals surface area contributed by atoms with Gasteiger partial charge in [-0.25, -0.2) is 0 Å². The summed E-state index contributed by atoms with van der Waals surface area (Å²) >= 11 is 0. The van der Waals surface area contributed by atoms with Crippen LogP contribution in [0.1, 0.15) is 5.56 Å². The van der Waals surface area contributed by atoms with Crippen molar-refractivity contribution in [2.24, 2.45) is 0 Å². The molecule has 0 saturated carbocycles. The van der Waals surface area contributed by atoms with Gasteiger partial charge in [-0.15, -0.1) is 0 Å². The fourth-order valence-electron chi connectivity index (χ4n) is 3.22. The fraction of sp³-hybridized carbons (Fsp3) is 0.120. The fourth-order valence-corrected chi connectivity index (χ4v) is 3.22. The number of carbonyl (C=O) groups is 2. The lowest BCUT2D eigenvalue weighted by molar-refractivity contribution is -0.121. The predicted molar refractivity (Wildman–Crippen MR) is 120 cm³/mol. The molecule has 1 N–H and O–H groups in total. The van der Waals surface area contributed by atoms with E-state index >= 15 is 0 Å². The van der Waals surface area contributed by atoms with Crippen molar-refractivity contribution in [3.8, 4) is 11.5 Å². The Morgan fingerprint density at radius 3 is 2.55 bits per heavy atom. The molecule has 0 atom stereocenters. The standard InChI is InChI=1S/C25H22N2O4/c28-24(14-11-19-7-3-1-4-8-19)26-20-12-13-23-22(17-20)27(25(29)18-31-23)15-16-30-21-9-5-2-6-10-21/h1-14,17H,15-16,18H2,(H,26,28)/b14-11+. The topological polar surface area (TPSA) is 67.9 Å². The maximum absolute atomic E-state index is 12.4. The first-order valence-corrected chi connectivity index (χ1v) is 9.98. The average molecular weight is 414 g/mol. The zero-order chi connectivity index (χ0) is 21.5. The molecule has 31 heavy (non-hydrogen) atoms. The zero-order valence-corrected chi connectivity index (χ0v) is 16.9. The molecule has 0 unspecified atom stereocenters. The minimum atomic E-state index is -0.259. The normalized spacial score (nSPS) is 12.9. The highest BCUT2D eigenvalue weighted by Crippen LogP contribution is 2.34. The smallest absolute Gasteiger partial charge is 0.265 e. The molecule has 3 aromatic carbocycles. The molecule has 0 aromatic heterocycles. The second-order valence-corrected chi connectivity index (χ2v) is 6.91. The van der Waals surface area contributed by atoms with Crippen molar-refractivity contribution in [2.75, 3.05) is 30.0 Å². The second-order valence-electron chi connectivity index (χ2n) is 6.91. The lowest BCUT2D eigenvalue weighted by Gasteiger charge is -2.29. The van der Waals surface area contributed by atoms with E-state index in [4.69, 9.17) is 9.47 Å². The van der Waals surface area contributed by atoms with Gasteiger partial charge in [0.05, 0.1) is 12.2 Å². The number of anilines is 2. The largest absolute Gasteiger partial charge is 0.492 e. The Labute approximate surface area is 180 Å². The molecule has 6 nitrogen and oxygen atoms in total. The second kappa shape index (κ2) is 9.63. The monoisotopic (exact) mass is 414 g/mol. The number of fused-ring (bicyclic) bond motifs is 1. The highest BCUT2D eigenvalue weighted by atomic mass is 16.5. The first-order valence-electron chi connectivity index (χ1n) is 9.98. The molecule has 0 radical (unpaired) electrons. The molecule has 3 aromatic rings. The quantitative estimate of drug-likeness (QED) is 0.590. The van der Waals surface area contributed by atoms with Crippen LogP contribution in [0.5, 0.6) is 11.5 Å². The highest BCUT2D eigenvalue weighted by molar-refractivity contribution is 6.03. The van der Waals surface area contributed by atoms with E-state index in [9.17, 15) is 9.59 Å². The molecule has 156 valence electrons. The Bertz CT molecular complexity index is 1080. The summed E-state index contributed by atoms with van der Waals surface area (Å²) in [4.78, 5) is 26.4. The van der Waals surface area contributed by atoms with Crippen LogP contribution in [0.15, 0.2) is 84.9 Å². The Morgan fingerprint density at radius 2 is 1.77 bits per heavy atom. The third kappa shape index (κ3) is 5.30. The van der Waals surface area contributed by atoms with Gasteiger partial charge in [0, 0.05) is 11.8 Å². The summed E-state index contributed by atoms with van der Waals surface area (Å²) in [7, 11) is 0. The molecule has 2 amide bonds. The number of hydrogen-bond acceptors (Lipinski definition) is 4. The van der Waals surface area contributed by atoms with Crippen molar-refractivity contribution in [3.63, 3.8) is 0 Å². The molecule has 0 saturated heterocycles. The first-order chi connectivity index (χ1) is 15.2. The number of rotatable bonds is 7. The number of benzene rings is 3. The number of ether oxygens (including phenoxy) is 2. The Balaban J connectivity index is 1.43. The lowest BCUT2D eigenvalue weighted by Crippen LogP contribution is -2.41. The zero-order valence-electron chi connectivity index (χ0n) is 16.9. The van der Waals surface area contributed by atoms with E-state index in [2.05, 4.69) is 5.32 Å². The van der Waals surface area contributed by atoms with Gasteiger partial charge in [-0.05, 0) is 42.0 Å². The van der Waals surface area contributed by atoms with Crippen molar-refractivity contribution in [1.82, 2.24) is 0 Å². The van der Waals surface area contributed by atoms with Crippen molar-refractivity contribution in [3.05, 3.63) is 90.5 Å². The van der Waals surface area contributed by atoms with Crippen LogP contribution in [-0.2, 0) is 9.59 Å². The third-order valence-electron chi connectivity index (χ3n) is 4.72. The maximum atomic E-state index is 12.4. The van der Waals surface area contributed by atoms with Crippen LogP contribution in [0, 0.1) is 0 Å². The summed E-state index contributed by atoms with van der Waals surface area (Å²) in [5, 5.41) is 2.83. The number of carbonyl (C=O) groups excluding carboxylic acids is 2. The molecule has 6 heteroatoms. The van der Waals surface area contributed by atoms with Crippen molar-refractivity contribution >= 4 is 29.3 Å². The molecular weight excluding hydrogens is 392 g/mol. The predicted octanol–water partition coefficient (Wildman–Crippen LogP) is 4.14. The van der Waals surface area contributed by atoms with Gasteiger partial charge in [-0.2, -0.15) is 0 Å². The van der Waals surface area contributed by atoms with Crippen LogP contribution in [0.3, 0.4) is 0 Å². The van der Waals surface area contributed by atoms with E-state index in [1.807, 2.05) is 60.7 Å². The molecule has 1 heterocycles. The summed E-state index contributed by atoms with van der Waals surface area (Å²) in [5.41, 5.74) is 2.12. The Morgan fingerprint density at radius 1 is 1.03 bits per heavy atom. The van der Waals surface area contributed by atoms with Gasteiger partial charge in [-0.1, -0.05) is 48.5 Å². The van der Waals surface area contributed by atoms with Crippen LogP contribution in [-0.4, -0.2) is 31.6 Å². The highest BCUT2D eigenvalue weighted by Gasteiger charge is 2.25. The van der Waals surface area contributed by atoms with Gasteiger partial charge >= 0.3 is 0 Å². The van der Waals surface area contributed by atoms with Gasteiger partial charge in [0.15, 0.2) is 6.61 Å². The van der Waals surface area contributed by atoms with Crippen LogP contribution >= 0.6 is 0 Å². The van der Waals surface area contributed by atoms with E-state index in [1.165, 1.54) is 6.08 Å². The molecule has 0 aliphatic carbocycles. The van der Waals surface area contributed by atoms with E-state index in [0.29, 0.717) is 30.3 Å². The molecule has 1 aliphatic rings. The number of para-hydroxylation sites is 1. The lowest BCUT2D eigenvalue weighted by atomic mass is 10.2. The summed E-state index contributed by atoms with van der Waals surface area (Å²) < 4.78 is 11.3. The summed E-state index contributed by atoms with van der Waals surface area (Å²) in [6, 6.07) is 24.3. The van der Waals surface area contributed by atoms with Crippen molar-refractivity contribution < 1.29 is 19.1 Å². The van der Waals surface area contributed by atoms with E-state index in [1.54, 1.807) is 29.2 Å². The summed E-state index contributed by atoms with van der Waals surface area (Å²) in [6.07, 6.45) is 3.22. The van der Waals surface area contributed by atoms with Crippen LogP contribution in [0.4, 0.5) is 11.4 Å². The summed E-state index contributed by atoms with van der Waals surface area (Å²) in [5.74, 6) is 0.925. The van der Waals surface area contributed by atoms with Crippen LogP contribution in [0.2, 0.25) is 0 Å². The molecule has 0 bridgehead atoms. The van der Waals surface area contributed by atoms with Crippen molar-refractivity contribution in [1.29, 1.82) is 0 Å². The maximum Gasteiger partial charge on any atom is 0.265 e. The molecule has 0 spiro atoms. The van der Waals surface area contributed by atoms with Gasteiger partial charge in [0.1, 0.15) is 18.1 Å².